The van der Waals surface area contributed by atoms with Gasteiger partial charge in [0.2, 0.25) is 5.91 Å². The van der Waals surface area contributed by atoms with Crippen LogP contribution in [-0.4, -0.2) is 101 Å². The number of anilines is 1. The van der Waals surface area contributed by atoms with Gasteiger partial charge in [-0.15, -0.1) is 11.3 Å². The average molecular weight is 565 g/mol. The number of likely N-dealkylation sites (N-methyl/N-ethyl adjacent to an activating group) is 1. The summed E-state index contributed by atoms with van der Waals surface area (Å²) in [5.41, 5.74) is 0. The van der Waals surface area contributed by atoms with Crippen LogP contribution < -0.4 is 4.90 Å². The molecule has 0 radical (unpaired) electrons. The highest BCUT2D eigenvalue weighted by Crippen LogP contribution is 2.40. The largest absolute Gasteiger partial charge is 0.490 e. The minimum Gasteiger partial charge on any atom is -0.475 e. The Morgan fingerprint density at radius 1 is 1.11 bits per heavy atom. The van der Waals surface area contributed by atoms with Crippen molar-refractivity contribution >= 4 is 34.3 Å². The standard InChI is InChI=1S/C17H28N4OS.2C2HF3O2/c1-12(2)16(22)20-7-5-15-13(10-20)9-14(11-19(3)4)21(15)17-18-6-8-23-17;2*3-2(4,5)1(6)7/h6,8,12-15H,5,7,9-11H2,1-4H3;2*(H,6,7)/t13-,14+,15+;;/m1../s1. The highest BCUT2D eigenvalue weighted by molar-refractivity contribution is 7.13. The number of hydrogen-bond acceptors (Lipinski definition) is 7. The van der Waals surface area contributed by atoms with E-state index in [0.29, 0.717) is 23.9 Å². The second kappa shape index (κ2) is 13.3. The van der Waals surface area contributed by atoms with Gasteiger partial charge in [-0.25, -0.2) is 14.6 Å². The number of rotatable bonds is 4. The monoisotopic (exact) mass is 564 g/mol. The van der Waals surface area contributed by atoms with E-state index in [1.807, 2.05) is 20.0 Å². The Kier molecular flexibility index (Phi) is 11.6. The Bertz CT molecular complexity index is 871. The van der Waals surface area contributed by atoms with Crippen molar-refractivity contribution in [3.05, 3.63) is 11.6 Å². The fourth-order valence-electron chi connectivity index (χ4n) is 4.14. The number of fused-ring (bicyclic) bond motifs is 1. The van der Waals surface area contributed by atoms with Crippen LogP contribution in [-0.2, 0) is 14.4 Å². The maximum atomic E-state index is 12.3. The van der Waals surface area contributed by atoms with Crippen LogP contribution in [0, 0.1) is 11.8 Å². The first-order valence-corrected chi connectivity index (χ1v) is 12.0. The number of amides is 1. The van der Waals surface area contributed by atoms with Gasteiger partial charge in [0.25, 0.3) is 0 Å². The van der Waals surface area contributed by atoms with Crippen LogP contribution in [0.1, 0.15) is 26.7 Å². The molecule has 3 heterocycles. The molecule has 3 rings (SSSR count). The summed E-state index contributed by atoms with van der Waals surface area (Å²) in [6.07, 6.45) is -6.05. The van der Waals surface area contributed by atoms with Gasteiger partial charge >= 0.3 is 24.3 Å². The highest BCUT2D eigenvalue weighted by atomic mass is 32.1. The summed E-state index contributed by atoms with van der Waals surface area (Å²) in [5, 5.41) is 17.5. The van der Waals surface area contributed by atoms with Crippen LogP contribution >= 0.6 is 11.3 Å². The second-order valence-corrected chi connectivity index (χ2v) is 9.91. The maximum Gasteiger partial charge on any atom is 0.490 e. The summed E-state index contributed by atoms with van der Waals surface area (Å²) in [6.45, 7) is 6.84. The van der Waals surface area contributed by atoms with Crippen molar-refractivity contribution in [3.63, 3.8) is 0 Å². The third-order valence-corrected chi connectivity index (χ3v) is 6.31. The number of carboxylic acid groups (broad SMARTS) is 2. The van der Waals surface area contributed by atoms with Crippen molar-refractivity contribution in [2.24, 2.45) is 11.8 Å². The summed E-state index contributed by atoms with van der Waals surface area (Å²) in [4.78, 5) is 41.6. The topological polar surface area (TPSA) is 114 Å². The van der Waals surface area contributed by atoms with E-state index in [1.165, 1.54) is 0 Å². The van der Waals surface area contributed by atoms with E-state index >= 15 is 0 Å². The number of thiazole rings is 1. The zero-order valence-corrected chi connectivity index (χ0v) is 21.4. The Morgan fingerprint density at radius 3 is 2.00 bits per heavy atom. The first-order chi connectivity index (χ1) is 16.9. The predicted molar refractivity (Wildman–Crippen MR) is 122 cm³/mol. The van der Waals surface area contributed by atoms with E-state index in [9.17, 15) is 31.1 Å². The van der Waals surface area contributed by atoms with Crippen molar-refractivity contribution in [3.8, 4) is 0 Å². The van der Waals surface area contributed by atoms with Gasteiger partial charge in [-0.05, 0) is 32.9 Å². The maximum absolute atomic E-state index is 12.3. The smallest absolute Gasteiger partial charge is 0.475 e. The number of alkyl halides is 6. The number of carboxylic acids is 2. The Hall–Kier alpha value is -2.62. The molecule has 0 unspecified atom stereocenters. The zero-order chi connectivity index (χ0) is 28.7. The molecule has 0 aliphatic carbocycles. The lowest BCUT2D eigenvalue weighted by Gasteiger charge is -2.39. The van der Waals surface area contributed by atoms with E-state index in [4.69, 9.17) is 19.8 Å². The molecule has 3 atom stereocenters. The molecule has 0 saturated carbocycles. The molecule has 2 N–H and O–H groups in total. The van der Waals surface area contributed by atoms with Crippen LogP contribution in [0.15, 0.2) is 11.6 Å². The molecule has 1 aromatic heterocycles. The summed E-state index contributed by atoms with van der Waals surface area (Å²) < 4.78 is 63.5. The number of piperidine rings is 1. The molecule has 0 bridgehead atoms. The molecular weight excluding hydrogens is 534 g/mol. The first-order valence-electron chi connectivity index (χ1n) is 11.1. The third-order valence-electron chi connectivity index (χ3n) is 5.53. The van der Waals surface area contributed by atoms with Crippen molar-refractivity contribution in [1.29, 1.82) is 0 Å². The van der Waals surface area contributed by atoms with E-state index in [1.54, 1.807) is 11.3 Å². The van der Waals surface area contributed by atoms with Crippen molar-refractivity contribution in [2.45, 2.75) is 51.1 Å². The van der Waals surface area contributed by atoms with Gasteiger partial charge < -0.3 is 24.9 Å². The van der Waals surface area contributed by atoms with Gasteiger partial charge in [0.05, 0.1) is 0 Å². The lowest BCUT2D eigenvalue weighted by atomic mass is 9.91. The normalized spacial score (nSPS) is 21.6. The van der Waals surface area contributed by atoms with Gasteiger partial charge in [0.15, 0.2) is 5.13 Å². The van der Waals surface area contributed by atoms with Crippen molar-refractivity contribution < 1.29 is 50.9 Å². The number of likely N-dealkylation sites (tertiary alicyclic amines) is 1. The molecule has 1 aromatic rings. The molecule has 2 aliphatic heterocycles. The van der Waals surface area contributed by atoms with E-state index in [-0.39, 0.29) is 5.92 Å². The average Bonchev–Trinajstić information content (AvgIpc) is 3.38. The SMILES string of the molecule is CC(C)C(=O)N1CC[C@H]2[C@H](C[C@@H](CN(C)C)N2c2nccs2)C1.O=C(O)C(F)(F)F.O=C(O)C(F)(F)F. The Balaban J connectivity index is 0.000000404. The van der Waals surface area contributed by atoms with Gasteiger partial charge in [-0.1, -0.05) is 13.8 Å². The van der Waals surface area contributed by atoms with E-state index < -0.39 is 24.3 Å². The molecule has 37 heavy (non-hydrogen) atoms. The molecule has 0 aromatic carbocycles. The summed E-state index contributed by atoms with van der Waals surface area (Å²) in [5.74, 6) is -4.54. The molecule has 212 valence electrons. The summed E-state index contributed by atoms with van der Waals surface area (Å²) in [6, 6.07) is 1.03. The van der Waals surface area contributed by atoms with Crippen molar-refractivity contribution in [2.75, 3.05) is 38.6 Å². The van der Waals surface area contributed by atoms with Gasteiger partial charge in [0, 0.05) is 49.2 Å². The second-order valence-electron chi connectivity index (χ2n) is 9.03. The molecule has 1 amide bonds. The first kappa shape index (κ1) is 32.4. The lowest BCUT2D eigenvalue weighted by Crippen LogP contribution is -2.50. The highest BCUT2D eigenvalue weighted by Gasteiger charge is 2.45. The fraction of sp³-hybridized carbons (Fsp3) is 0.714. The Labute approximate surface area is 213 Å². The fourth-order valence-corrected chi connectivity index (χ4v) is 4.91. The van der Waals surface area contributed by atoms with Gasteiger partial charge in [0.1, 0.15) is 0 Å². The predicted octanol–water partition coefficient (Wildman–Crippen LogP) is 3.42. The summed E-state index contributed by atoms with van der Waals surface area (Å²) >= 11 is 1.73. The third kappa shape index (κ3) is 9.98. The molecule has 2 saturated heterocycles. The number of carbonyl (C=O) groups excluding carboxylic acids is 1. The van der Waals surface area contributed by atoms with Crippen LogP contribution in [0.5, 0.6) is 0 Å². The molecule has 16 heteroatoms. The van der Waals surface area contributed by atoms with Crippen LogP contribution in [0.4, 0.5) is 31.5 Å². The molecule has 9 nitrogen and oxygen atoms in total. The minimum atomic E-state index is -5.08. The number of aromatic nitrogens is 1. The quantitative estimate of drug-likeness (QED) is 0.535. The summed E-state index contributed by atoms with van der Waals surface area (Å²) in [7, 11) is 4.27. The molecular formula is C21H30F6N4O5S. The van der Waals surface area contributed by atoms with Gasteiger partial charge in [-0.3, -0.25) is 4.79 Å². The van der Waals surface area contributed by atoms with Crippen LogP contribution in [0.2, 0.25) is 0 Å². The number of carbonyl (C=O) groups is 3. The Morgan fingerprint density at radius 2 is 1.62 bits per heavy atom. The van der Waals surface area contributed by atoms with Crippen LogP contribution in [0.3, 0.4) is 0 Å². The molecule has 2 aliphatic rings. The number of halogens is 6. The molecule has 2 fully saturated rings. The number of hydrogen-bond donors (Lipinski definition) is 2. The number of nitrogens with zero attached hydrogens (tertiary/aromatic N) is 4. The van der Waals surface area contributed by atoms with E-state index in [0.717, 1.165) is 37.6 Å². The van der Waals surface area contributed by atoms with E-state index in [2.05, 4.69) is 39.2 Å². The lowest BCUT2D eigenvalue weighted by molar-refractivity contribution is -0.193. The number of aliphatic carboxylic acids is 2. The molecule has 0 spiro atoms. The minimum absolute atomic E-state index is 0.0978. The zero-order valence-electron chi connectivity index (χ0n) is 20.6. The van der Waals surface area contributed by atoms with Crippen molar-refractivity contribution in [1.82, 2.24) is 14.8 Å². The van der Waals surface area contributed by atoms with Gasteiger partial charge in [-0.2, -0.15) is 26.3 Å². The van der Waals surface area contributed by atoms with Crippen LogP contribution in [0.25, 0.3) is 0 Å².